The molecule has 5 saturated carbocycles. The summed E-state index contributed by atoms with van der Waals surface area (Å²) in [6.07, 6.45) is -12.5. The van der Waals surface area contributed by atoms with E-state index >= 15 is 0 Å². The van der Waals surface area contributed by atoms with Gasteiger partial charge in [0.2, 0.25) is 0 Å². The maximum Gasteiger partial charge on any atom is 0.315 e. The molecule has 9 fully saturated rings. The van der Waals surface area contributed by atoms with Gasteiger partial charge in [0, 0.05) is 12.8 Å². The molecule has 24 atom stereocenters. The Hall–Kier alpha value is -1.66. The van der Waals surface area contributed by atoms with Gasteiger partial charge in [0.05, 0.1) is 25.4 Å². The van der Waals surface area contributed by atoms with Crippen LogP contribution >= 0.6 is 0 Å². The maximum atomic E-state index is 14.4. The molecule has 4 aliphatic heterocycles. The Morgan fingerprint density at radius 1 is 0.618 bits per heavy atom. The summed E-state index contributed by atoms with van der Waals surface area (Å²) in [4.78, 5) is 25.9. The van der Waals surface area contributed by atoms with Gasteiger partial charge in [-0.1, -0.05) is 34.1 Å². The second-order valence-electron chi connectivity index (χ2n) is 23.9. The van der Waals surface area contributed by atoms with Gasteiger partial charge in [0.1, 0.15) is 84.8 Å². The lowest BCUT2D eigenvalue weighted by atomic mass is 9.31. The molecule has 2 bridgehead atoms. The fourth-order valence-electron chi connectivity index (χ4n) is 16.8. The van der Waals surface area contributed by atoms with Crippen molar-refractivity contribution < 1.29 is 93.4 Å². The molecule has 0 unspecified atom stereocenters. The zero-order valence-corrected chi connectivity index (χ0v) is 40.6. The molecule has 19 heteroatoms. The van der Waals surface area contributed by atoms with Crippen LogP contribution in [0.2, 0.25) is 0 Å². The third kappa shape index (κ3) is 7.51. The van der Waals surface area contributed by atoms with Crippen LogP contribution in [-0.4, -0.2) is 182 Å². The molecular weight excluding hydrogens is 893 g/mol. The van der Waals surface area contributed by atoms with E-state index in [1.807, 2.05) is 13.8 Å². The second kappa shape index (κ2) is 17.8. The Kier molecular flexibility index (Phi) is 13.4. The first-order chi connectivity index (χ1) is 31.8. The monoisotopic (exact) mass is 971 g/mol. The minimum absolute atomic E-state index is 0.0118. The van der Waals surface area contributed by atoms with Crippen molar-refractivity contribution in [1.82, 2.24) is 0 Å². The van der Waals surface area contributed by atoms with E-state index in [-0.39, 0.29) is 53.2 Å². The van der Waals surface area contributed by atoms with Crippen LogP contribution in [0.3, 0.4) is 0 Å². The molecule has 0 amide bonds. The van der Waals surface area contributed by atoms with Gasteiger partial charge in [-0.2, -0.15) is 0 Å². The van der Waals surface area contributed by atoms with Gasteiger partial charge in [-0.25, -0.2) is 0 Å². The third-order valence-electron chi connectivity index (χ3n) is 20.3. The molecule has 9 aliphatic rings. The number of hydrogen-bond donors (Lipinski definition) is 9. The Morgan fingerprint density at radius 3 is 1.93 bits per heavy atom. The van der Waals surface area contributed by atoms with Gasteiger partial charge in [0.15, 0.2) is 18.9 Å². The van der Waals surface area contributed by atoms with Crippen molar-refractivity contribution in [2.75, 3.05) is 26.4 Å². The van der Waals surface area contributed by atoms with Crippen molar-refractivity contribution in [3.8, 4) is 0 Å². The van der Waals surface area contributed by atoms with Crippen LogP contribution in [0.5, 0.6) is 0 Å². The topological polar surface area (TPSA) is 290 Å². The highest BCUT2D eigenvalue weighted by Crippen LogP contribution is 2.80. The number of aliphatic hydroxyl groups excluding tert-OH is 8. The standard InChI is InChI=1S/C49H78O19/c1-23(51)61-20-25-33(54)36(57)40(65-25)67-38-35(56)32(53)26(21-62-39-37(58)34(55)31(52)24(19-50)64-39)66-41(38)63-22-44(4)13-8-14-45(5)28(44)11-15-46(6)29(45)9-10-30-47(46,7)17-18-49(60)27-12-16-48(30,49)42(59)68-43(27,2)3/h24-41,50,52-58,60H,8-22H2,1-7H3/t24-,25+,26-,27-,28+,29-,30+,31-,32-,33+,34+,35+,36-,37-,38-,39-,40+,41-,44-,45+,46-,47-,48-,49-/m1/s1. The highest BCUT2D eigenvalue weighted by atomic mass is 16.8. The van der Waals surface area contributed by atoms with Crippen molar-refractivity contribution in [2.24, 2.45) is 50.7 Å². The number of aliphatic hydroxyl groups is 9. The predicted octanol–water partition coefficient (Wildman–Crippen LogP) is 0.563. The molecule has 0 aromatic rings. The van der Waals surface area contributed by atoms with Crippen LogP contribution < -0.4 is 0 Å². The van der Waals surface area contributed by atoms with Gasteiger partial charge in [-0.3, -0.25) is 9.59 Å². The van der Waals surface area contributed by atoms with E-state index < -0.39 is 127 Å². The summed E-state index contributed by atoms with van der Waals surface area (Å²) >= 11 is 0. The van der Waals surface area contributed by atoms with E-state index in [4.69, 9.17) is 37.9 Å². The molecule has 4 heterocycles. The molecule has 388 valence electrons. The molecule has 0 aromatic heterocycles. The number of carbonyl (C=O) groups excluding carboxylic acids is 2. The van der Waals surface area contributed by atoms with E-state index in [2.05, 4.69) is 27.7 Å². The predicted molar refractivity (Wildman–Crippen MR) is 233 cm³/mol. The molecule has 0 spiro atoms. The summed E-state index contributed by atoms with van der Waals surface area (Å²) in [5, 5.41) is 98.7. The average Bonchev–Trinajstić information content (AvgIpc) is 3.71. The van der Waals surface area contributed by atoms with Crippen LogP contribution in [0, 0.1) is 50.7 Å². The largest absolute Gasteiger partial charge is 0.463 e. The van der Waals surface area contributed by atoms with Crippen LogP contribution in [0.25, 0.3) is 0 Å². The number of esters is 2. The molecule has 5 aliphatic carbocycles. The Bertz CT molecular complexity index is 1890. The number of ether oxygens (including phenoxy) is 8. The normalized spacial score (nSPS) is 55.0. The lowest BCUT2D eigenvalue weighted by molar-refractivity contribution is -0.355. The maximum absolute atomic E-state index is 14.4. The smallest absolute Gasteiger partial charge is 0.315 e. The van der Waals surface area contributed by atoms with Gasteiger partial charge in [0.25, 0.3) is 0 Å². The van der Waals surface area contributed by atoms with Gasteiger partial charge < -0.3 is 83.9 Å². The Balaban J connectivity index is 0.950. The van der Waals surface area contributed by atoms with Gasteiger partial charge in [-0.15, -0.1) is 0 Å². The van der Waals surface area contributed by atoms with Gasteiger partial charge in [-0.05, 0) is 117 Å². The molecule has 4 saturated heterocycles. The fraction of sp³-hybridized carbons (Fsp3) is 0.959. The summed E-state index contributed by atoms with van der Waals surface area (Å²) in [6, 6.07) is 0. The van der Waals surface area contributed by atoms with E-state index in [0.29, 0.717) is 18.8 Å². The minimum atomic E-state index is -1.76. The van der Waals surface area contributed by atoms with E-state index in [0.717, 1.165) is 57.8 Å². The lowest BCUT2D eigenvalue weighted by Crippen LogP contribution is -2.74. The highest BCUT2D eigenvalue weighted by Gasteiger charge is 2.81. The quantitative estimate of drug-likeness (QED) is 0.128. The highest BCUT2D eigenvalue weighted by molar-refractivity contribution is 5.82. The van der Waals surface area contributed by atoms with Crippen molar-refractivity contribution >= 4 is 11.9 Å². The molecule has 19 nitrogen and oxygen atoms in total. The molecule has 68 heavy (non-hydrogen) atoms. The van der Waals surface area contributed by atoms with E-state index in [1.165, 1.54) is 6.92 Å². The summed E-state index contributed by atoms with van der Waals surface area (Å²) in [6.45, 7) is 13.1. The first kappa shape index (κ1) is 51.2. The first-order valence-electron chi connectivity index (χ1n) is 25.1. The third-order valence-corrected chi connectivity index (χ3v) is 20.3. The zero-order chi connectivity index (χ0) is 49.3. The molecule has 0 radical (unpaired) electrons. The number of rotatable bonds is 11. The summed E-state index contributed by atoms with van der Waals surface area (Å²) in [7, 11) is 0. The minimum Gasteiger partial charge on any atom is -0.463 e. The van der Waals surface area contributed by atoms with Crippen LogP contribution in [0.15, 0.2) is 0 Å². The molecule has 0 aromatic carbocycles. The molecular formula is C49H78O19. The average molecular weight is 971 g/mol. The molecule has 9 N–H and O–H groups in total. The second-order valence-corrected chi connectivity index (χ2v) is 23.9. The van der Waals surface area contributed by atoms with E-state index in [9.17, 15) is 55.5 Å². The zero-order valence-electron chi connectivity index (χ0n) is 40.6. The van der Waals surface area contributed by atoms with Crippen molar-refractivity contribution in [3.05, 3.63) is 0 Å². The van der Waals surface area contributed by atoms with E-state index in [1.54, 1.807) is 0 Å². The SMILES string of the molecule is CC(=O)OC[C@@H]1O[C@@H](O[C@H]2[C@H](OC[C@@]3(C)CCC[C@]4(C)[C@H]5CC[C@@H]6[C@]78CC[C@H](C(C)(C)OC7=O)[C@]8(O)CC[C@@]6(C)[C@]5(C)CC[C@@H]34)O[C@H](CO[C@@H]3O[C@H](CO)[C@@H](O)[C@H](O)[C@H]3O)[C@@H](O)[C@@H]2O)[C@H](O)[C@H]1O. The van der Waals surface area contributed by atoms with Crippen molar-refractivity contribution in [3.63, 3.8) is 0 Å². The number of hydrogen-bond acceptors (Lipinski definition) is 19. The summed E-state index contributed by atoms with van der Waals surface area (Å²) in [5.41, 5.74) is -3.66. The van der Waals surface area contributed by atoms with Gasteiger partial charge >= 0.3 is 11.9 Å². The van der Waals surface area contributed by atoms with Crippen LogP contribution in [0.4, 0.5) is 0 Å². The fourth-order valence-corrected chi connectivity index (χ4v) is 16.8. The number of fused-ring (bicyclic) bond motifs is 5. The Labute approximate surface area is 398 Å². The first-order valence-corrected chi connectivity index (χ1v) is 25.1. The molecule has 9 rings (SSSR count). The summed E-state index contributed by atoms with van der Waals surface area (Å²) < 4.78 is 47.5. The van der Waals surface area contributed by atoms with Crippen LogP contribution in [-0.2, 0) is 47.5 Å². The Morgan fingerprint density at radius 2 is 1.22 bits per heavy atom. The lowest BCUT2D eigenvalue weighted by Gasteiger charge is -2.74. The van der Waals surface area contributed by atoms with Crippen LogP contribution in [0.1, 0.15) is 119 Å². The van der Waals surface area contributed by atoms with Crippen molar-refractivity contribution in [2.45, 2.75) is 216 Å². The van der Waals surface area contributed by atoms with Crippen molar-refractivity contribution in [1.29, 1.82) is 0 Å². The summed E-state index contributed by atoms with van der Waals surface area (Å²) in [5.74, 6) is -0.483. The number of cyclic esters (lactones) is 1. The number of carbonyl (C=O) groups is 2.